The Morgan fingerprint density at radius 3 is 2.45 bits per heavy atom. The molecule has 31 heavy (non-hydrogen) atoms. The number of dihydropyridines is 1. The minimum absolute atomic E-state index is 0.101. The summed E-state index contributed by atoms with van der Waals surface area (Å²) in [5.41, 5.74) is 4.54. The number of rotatable bonds is 5. The summed E-state index contributed by atoms with van der Waals surface area (Å²) in [6.07, 6.45) is 1.66. The topological polar surface area (TPSA) is 64.6 Å². The van der Waals surface area contributed by atoms with Crippen molar-refractivity contribution < 1.29 is 19.1 Å². The SMILES string of the molecule is C=CCOc1c(Br)cc([C@@H]2C(C(=O)OC)=C(C)NC3=C2C(=O)c2ccccc23)cc1Br. The summed E-state index contributed by atoms with van der Waals surface area (Å²) >= 11 is 7.12. The number of Topliss-reactive ketones (excluding diaryl/α,β-unsaturated/α-hetero) is 1. The summed E-state index contributed by atoms with van der Waals surface area (Å²) in [5, 5.41) is 3.28. The van der Waals surface area contributed by atoms with Crippen LogP contribution in [0.15, 0.2) is 74.8 Å². The van der Waals surface area contributed by atoms with Crippen molar-refractivity contribution in [3.63, 3.8) is 0 Å². The molecule has 0 unspecified atom stereocenters. The summed E-state index contributed by atoms with van der Waals surface area (Å²) in [4.78, 5) is 26.2. The van der Waals surface area contributed by atoms with Crippen LogP contribution in [0.5, 0.6) is 5.75 Å². The Balaban J connectivity index is 1.92. The number of esters is 1. The van der Waals surface area contributed by atoms with Gasteiger partial charge in [-0.15, -0.1) is 0 Å². The van der Waals surface area contributed by atoms with Crippen molar-refractivity contribution >= 4 is 49.3 Å². The number of halogens is 2. The zero-order valence-corrected chi connectivity index (χ0v) is 20.1. The molecule has 158 valence electrons. The molecule has 0 amide bonds. The van der Waals surface area contributed by atoms with Crippen molar-refractivity contribution in [3.05, 3.63) is 91.5 Å². The van der Waals surface area contributed by atoms with Gasteiger partial charge in [0.05, 0.1) is 27.3 Å². The molecule has 5 nitrogen and oxygen atoms in total. The Bertz CT molecular complexity index is 1170. The fourth-order valence-electron chi connectivity index (χ4n) is 4.07. The molecule has 1 N–H and O–H groups in total. The summed E-state index contributed by atoms with van der Waals surface area (Å²) in [6, 6.07) is 11.2. The smallest absolute Gasteiger partial charge is 0.336 e. The number of nitrogens with one attached hydrogen (secondary N) is 1. The molecule has 1 atom stereocenters. The quantitative estimate of drug-likeness (QED) is 0.397. The van der Waals surface area contributed by atoms with E-state index < -0.39 is 11.9 Å². The van der Waals surface area contributed by atoms with E-state index in [0.717, 1.165) is 16.8 Å². The molecule has 0 saturated heterocycles. The van der Waals surface area contributed by atoms with Crippen LogP contribution in [-0.4, -0.2) is 25.5 Å². The monoisotopic (exact) mass is 543 g/mol. The van der Waals surface area contributed by atoms with Gasteiger partial charge in [-0.05, 0) is 56.5 Å². The number of hydrogen-bond donors (Lipinski definition) is 1. The van der Waals surface area contributed by atoms with Gasteiger partial charge in [0.15, 0.2) is 5.78 Å². The van der Waals surface area contributed by atoms with Gasteiger partial charge in [-0.1, -0.05) is 36.9 Å². The lowest BCUT2D eigenvalue weighted by Gasteiger charge is -2.29. The van der Waals surface area contributed by atoms with E-state index in [1.54, 1.807) is 12.1 Å². The lowest BCUT2D eigenvalue weighted by Crippen LogP contribution is -2.29. The van der Waals surface area contributed by atoms with E-state index in [2.05, 4.69) is 43.8 Å². The summed E-state index contributed by atoms with van der Waals surface area (Å²) in [7, 11) is 1.34. The Kier molecular flexibility index (Phi) is 5.90. The molecule has 1 aliphatic carbocycles. The molecule has 1 heterocycles. The average Bonchev–Trinajstić information content (AvgIpc) is 3.03. The van der Waals surface area contributed by atoms with Crippen molar-refractivity contribution in [1.29, 1.82) is 0 Å². The zero-order chi connectivity index (χ0) is 22.3. The van der Waals surface area contributed by atoms with Crippen LogP contribution in [0.25, 0.3) is 5.70 Å². The summed E-state index contributed by atoms with van der Waals surface area (Å²) in [5.74, 6) is -0.557. The van der Waals surface area contributed by atoms with Crippen LogP contribution in [0, 0.1) is 0 Å². The number of allylic oxidation sites excluding steroid dienone is 2. The van der Waals surface area contributed by atoms with E-state index in [9.17, 15) is 9.59 Å². The maximum atomic E-state index is 13.4. The van der Waals surface area contributed by atoms with E-state index in [4.69, 9.17) is 9.47 Å². The third-order valence-corrected chi connectivity index (χ3v) is 6.53. The molecule has 2 aromatic rings. The van der Waals surface area contributed by atoms with Gasteiger partial charge >= 0.3 is 5.97 Å². The van der Waals surface area contributed by atoms with Crippen LogP contribution in [-0.2, 0) is 9.53 Å². The van der Waals surface area contributed by atoms with Gasteiger partial charge in [0.2, 0.25) is 0 Å². The first-order valence-corrected chi connectivity index (χ1v) is 11.1. The molecule has 2 aromatic carbocycles. The zero-order valence-electron chi connectivity index (χ0n) is 16.9. The van der Waals surface area contributed by atoms with E-state index in [1.165, 1.54) is 7.11 Å². The summed E-state index contributed by atoms with van der Waals surface area (Å²) in [6.45, 7) is 5.84. The van der Waals surface area contributed by atoms with E-state index >= 15 is 0 Å². The van der Waals surface area contributed by atoms with Crippen molar-refractivity contribution in [2.45, 2.75) is 12.8 Å². The fraction of sp³-hybridized carbons (Fsp3) is 0.167. The van der Waals surface area contributed by atoms with E-state index in [-0.39, 0.29) is 5.78 Å². The normalized spacial score (nSPS) is 17.2. The Hall–Kier alpha value is -2.64. The van der Waals surface area contributed by atoms with Gasteiger partial charge in [-0.2, -0.15) is 0 Å². The number of ketones is 1. The van der Waals surface area contributed by atoms with Crippen molar-refractivity contribution in [3.8, 4) is 5.75 Å². The predicted octanol–water partition coefficient (Wildman–Crippen LogP) is 5.52. The third-order valence-electron chi connectivity index (χ3n) is 5.35. The van der Waals surface area contributed by atoms with Gasteiger partial charge in [-0.25, -0.2) is 4.79 Å². The van der Waals surface area contributed by atoms with Crippen LogP contribution in [0.2, 0.25) is 0 Å². The highest BCUT2D eigenvalue weighted by atomic mass is 79.9. The van der Waals surface area contributed by atoms with Crippen LogP contribution < -0.4 is 10.1 Å². The minimum Gasteiger partial charge on any atom is -0.487 e. The Labute approximate surface area is 197 Å². The van der Waals surface area contributed by atoms with Gasteiger partial charge in [0.25, 0.3) is 0 Å². The molecule has 1 aliphatic heterocycles. The fourth-order valence-corrected chi connectivity index (χ4v) is 5.52. The minimum atomic E-state index is -0.593. The van der Waals surface area contributed by atoms with E-state index in [1.807, 2.05) is 37.3 Å². The first-order chi connectivity index (χ1) is 14.9. The summed E-state index contributed by atoms with van der Waals surface area (Å²) < 4.78 is 12.2. The molecule has 0 radical (unpaired) electrons. The second-order valence-electron chi connectivity index (χ2n) is 7.17. The second kappa shape index (κ2) is 8.48. The number of methoxy groups -OCH3 is 1. The lowest BCUT2D eigenvalue weighted by molar-refractivity contribution is -0.136. The average molecular weight is 545 g/mol. The van der Waals surface area contributed by atoms with Crippen LogP contribution in [0.3, 0.4) is 0 Å². The number of benzene rings is 2. The molecule has 2 aliphatic rings. The third kappa shape index (κ3) is 3.55. The van der Waals surface area contributed by atoms with Crippen LogP contribution in [0.4, 0.5) is 0 Å². The first-order valence-electron chi connectivity index (χ1n) is 9.56. The Morgan fingerprint density at radius 1 is 1.19 bits per heavy atom. The van der Waals surface area contributed by atoms with Gasteiger partial charge < -0.3 is 14.8 Å². The lowest BCUT2D eigenvalue weighted by atomic mass is 9.80. The molecular weight excluding hydrogens is 526 g/mol. The largest absolute Gasteiger partial charge is 0.487 e. The number of hydrogen-bond acceptors (Lipinski definition) is 5. The molecule has 0 fully saturated rings. The molecule has 7 heteroatoms. The highest BCUT2D eigenvalue weighted by Crippen LogP contribution is 2.48. The molecular formula is C24H19Br2NO4. The van der Waals surface area contributed by atoms with Gasteiger partial charge in [-0.3, -0.25) is 4.79 Å². The highest BCUT2D eigenvalue weighted by molar-refractivity contribution is 9.11. The highest BCUT2D eigenvalue weighted by Gasteiger charge is 2.43. The Morgan fingerprint density at radius 2 is 1.84 bits per heavy atom. The molecule has 0 aromatic heterocycles. The number of carbonyl (C=O) groups is 2. The van der Waals surface area contributed by atoms with Gasteiger partial charge in [0.1, 0.15) is 12.4 Å². The molecule has 0 saturated carbocycles. The molecule has 0 spiro atoms. The van der Waals surface area contributed by atoms with Gasteiger partial charge in [0, 0.05) is 28.3 Å². The van der Waals surface area contributed by atoms with Crippen molar-refractivity contribution in [1.82, 2.24) is 5.32 Å². The number of fused-ring (bicyclic) bond motifs is 2. The second-order valence-corrected chi connectivity index (χ2v) is 8.87. The first kappa shape index (κ1) is 21.6. The maximum Gasteiger partial charge on any atom is 0.336 e. The van der Waals surface area contributed by atoms with Crippen LogP contribution in [0.1, 0.15) is 34.3 Å². The maximum absolute atomic E-state index is 13.4. The number of ether oxygens (including phenoxy) is 2. The van der Waals surface area contributed by atoms with Crippen molar-refractivity contribution in [2.75, 3.05) is 13.7 Å². The van der Waals surface area contributed by atoms with Crippen molar-refractivity contribution in [2.24, 2.45) is 0 Å². The molecule has 0 bridgehead atoms. The van der Waals surface area contributed by atoms with E-state index in [0.29, 0.717) is 43.7 Å². The molecule has 4 rings (SSSR count). The number of carbonyl (C=O) groups excluding carboxylic acids is 2. The van der Waals surface area contributed by atoms with Crippen LogP contribution >= 0.6 is 31.9 Å². The predicted molar refractivity (Wildman–Crippen MR) is 126 cm³/mol. The standard InChI is InChI=1S/C24H19Br2NO4/c1-4-9-31-23-16(25)10-13(11-17(23)26)19-18(24(29)30-3)12(2)27-21-14-7-5-6-8-15(14)22(28)20(19)21/h4-8,10-11,19,27H,1,9H2,2-3H3/t19-/m1/s1.